The molecule has 0 saturated heterocycles. The summed E-state index contributed by atoms with van der Waals surface area (Å²) in [5, 5.41) is 8.63. The van der Waals surface area contributed by atoms with Crippen LogP contribution >= 0.6 is 0 Å². The molecule has 194 valence electrons. The van der Waals surface area contributed by atoms with Crippen molar-refractivity contribution in [3.8, 4) is 0 Å². The van der Waals surface area contributed by atoms with E-state index in [2.05, 4.69) is 6.58 Å². The number of aliphatic carboxylic acids is 1. The molecule has 2 unspecified atom stereocenters. The molecule has 0 fully saturated rings. The zero-order chi connectivity index (χ0) is 27.1. The number of rotatable bonds is 8. The third-order valence-electron chi connectivity index (χ3n) is 6.21. The molecule has 0 radical (unpaired) electrons. The van der Waals surface area contributed by atoms with Crippen molar-refractivity contribution in [3.05, 3.63) is 83.6 Å². The Morgan fingerprint density at radius 1 is 1.08 bits per heavy atom. The number of carbonyl (C=O) groups is 1. The van der Waals surface area contributed by atoms with Crippen LogP contribution in [-0.4, -0.2) is 23.5 Å². The molecule has 5 nitrogen and oxygen atoms in total. The SMILES string of the molecule is C=CC(c1cccc(C(C)(C)C)c1)S(=O)(=O)n1c(C(CCC)C(=O)O)cc2cc(C(F)(F)F)ccc21. The molecule has 0 spiro atoms. The second kappa shape index (κ2) is 9.76. The van der Waals surface area contributed by atoms with E-state index < -0.39 is 38.9 Å². The van der Waals surface area contributed by atoms with Gasteiger partial charge in [0.15, 0.2) is 0 Å². The van der Waals surface area contributed by atoms with Crippen LogP contribution in [-0.2, 0) is 26.4 Å². The summed E-state index contributed by atoms with van der Waals surface area (Å²) in [7, 11) is -4.37. The van der Waals surface area contributed by atoms with Crippen molar-refractivity contribution in [2.45, 2.75) is 63.3 Å². The zero-order valence-electron chi connectivity index (χ0n) is 20.6. The Hall–Kier alpha value is -3.07. The summed E-state index contributed by atoms with van der Waals surface area (Å²) in [6, 6.07) is 11.0. The van der Waals surface area contributed by atoms with Crippen molar-refractivity contribution < 1.29 is 31.5 Å². The first kappa shape index (κ1) is 27.5. The van der Waals surface area contributed by atoms with Gasteiger partial charge in [0.05, 0.1) is 17.0 Å². The van der Waals surface area contributed by atoms with Gasteiger partial charge in [-0.2, -0.15) is 13.2 Å². The summed E-state index contributed by atoms with van der Waals surface area (Å²) in [5.74, 6) is -2.48. The summed E-state index contributed by atoms with van der Waals surface area (Å²) in [4.78, 5) is 12.1. The molecule has 0 aliphatic rings. The lowest BCUT2D eigenvalue weighted by Crippen LogP contribution is -2.25. The topological polar surface area (TPSA) is 76.4 Å². The van der Waals surface area contributed by atoms with Crippen LogP contribution < -0.4 is 0 Å². The minimum absolute atomic E-state index is 0.00277. The van der Waals surface area contributed by atoms with Gasteiger partial charge < -0.3 is 5.11 Å². The van der Waals surface area contributed by atoms with Crippen LogP contribution in [0.25, 0.3) is 10.9 Å². The first-order valence-corrected chi connectivity index (χ1v) is 13.1. The van der Waals surface area contributed by atoms with Crippen LogP contribution in [0.5, 0.6) is 0 Å². The Morgan fingerprint density at radius 3 is 2.28 bits per heavy atom. The van der Waals surface area contributed by atoms with E-state index in [4.69, 9.17) is 0 Å². The molecule has 36 heavy (non-hydrogen) atoms. The van der Waals surface area contributed by atoms with Crippen molar-refractivity contribution in [2.75, 3.05) is 0 Å². The number of carboxylic acids is 1. The molecule has 0 saturated carbocycles. The van der Waals surface area contributed by atoms with Crippen LogP contribution in [0.2, 0.25) is 0 Å². The summed E-state index contributed by atoms with van der Waals surface area (Å²) >= 11 is 0. The quantitative estimate of drug-likeness (QED) is 0.323. The molecular weight excluding hydrogens is 491 g/mol. The molecule has 0 aliphatic carbocycles. The van der Waals surface area contributed by atoms with Crippen molar-refractivity contribution in [1.29, 1.82) is 0 Å². The molecule has 0 bridgehead atoms. The number of aromatic nitrogens is 1. The Kier molecular flexibility index (Phi) is 7.46. The number of hydrogen-bond acceptors (Lipinski definition) is 3. The van der Waals surface area contributed by atoms with E-state index in [1.807, 2.05) is 26.8 Å². The van der Waals surface area contributed by atoms with E-state index in [9.17, 15) is 31.5 Å². The minimum atomic E-state index is -4.64. The summed E-state index contributed by atoms with van der Waals surface area (Å²) in [6.07, 6.45) is -2.83. The number of alkyl halides is 3. The number of fused-ring (bicyclic) bond motifs is 1. The van der Waals surface area contributed by atoms with Gasteiger partial charge in [-0.15, -0.1) is 6.58 Å². The molecule has 1 N–H and O–H groups in total. The van der Waals surface area contributed by atoms with Crippen molar-refractivity contribution in [3.63, 3.8) is 0 Å². The van der Waals surface area contributed by atoms with E-state index in [1.54, 1.807) is 25.1 Å². The Morgan fingerprint density at radius 2 is 1.75 bits per heavy atom. The van der Waals surface area contributed by atoms with Gasteiger partial charge >= 0.3 is 12.1 Å². The molecule has 3 rings (SSSR count). The number of benzene rings is 2. The Labute approximate surface area is 209 Å². The van der Waals surface area contributed by atoms with E-state index in [0.717, 1.165) is 27.7 Å². The molecule has 9 heteroatoms. The maximum Gasteiger partial charge on any atom is 0.416 e. The lowest BCUT2D eigenvalue weighted by atomic mass is 9.86. The zero-order valence-corrected chi connectivity index (χ0v) is 21.4. The van der Waals surface area contributed by atoms with Crippen molar-refractivity contribution in [2.24, 2.45) is 0 Å². The number of hydrogen-bond donors (Lipinski definition) is 1. The van der Waals surface area contributed by atoms with Crippen LogP contribution in [0.3, 0.4) is 0 Å². The maximum atomic E-state index is 14.1. The highest BCUT2D eigenvalue weighted by atomic mass is 32.2. The third-order valence-corrected chi connectivity index (χ3v) is 8.24. The fourth-order valence-corrected chi connectivity index (χ4v) is 6.20. The Bertz CT molecular complexity index is 1400. The predicted molar refractivity (Wildman–Crippen MR) is 135 cm³/mol. The van der Waals surface area contributed by atoms with Gasteiger partial charge in [0.1, 0.15) is 5.25 Å². The van der Waals surface area contributed by atoms with Crippen LogP contribution in [0.15, 0.2) is 61.2 Å². The first-order valence-electron chi connectivity index (χ1n) is 11.6. The summed E-state index contributed by atoms with van der Waals surface area (Å²) in [6.45, 7) is 11.4. The smallest absolute Gasteiger partial charge is 0.416 e. The van der Waals surface area contributed by atoms with Gasteiger partial charge in [-0.05, 0) is 47.2 Å². The fraction of sp³-hybridized carbons (Fsp3) is 0.370. The van der Waals surface area contributed by atoms with Gasteiger partial charge in [0.2, 0.25) is 10.0 Å². The minimum Gasteiger partial charge on any atom is -0.481 e. The average Bonchev–Trinajstić information content (AvgIpc) is 3.15. The molecule has 3 aromatic rings. The van der Waals surface area contributed by atoms with Gasteiger partial charge in [0, 0.05) is 11.1 Å². The molecular formula is C27H30F3NO4S. The number of nitrogens with zero attached hydrogens (tertiary/aromatic N) is 1. The highest BCUT2D eigenvalue weighted by Crippen LogP contribution is 2.38. The fourth-order valence-electron chi connectivity index (χ4n) is 4.33. The average molecular weight is 522 g/mol. The third kappa shape index (κ3) is 5.21. The second-order valence-corrected chi connectivity index (χ2v) is 11.8. The summed E-state index contributed by atoms with van der Waals surface area (Å²) in [5.41, 5.74) is 0.0111. The monoisotopic (exact) mass is 521 g/mol. The van der Waals surface area contributed by atoms with E-state index >= 15 is 0 Å². The van der Waals surface area contributed by atoms with Gasteiger partial charge in [-0.1, -0.05) is 64.5 Å². The lowest BCUT2D eigenvalue weighted by molar-refractivity contribution is -0.139. The number of halogens is 3. The van der Waals surface area contributed by atoms with Gasteiger partial charge in [-0.3, -0.25) is 4.79 Å². The van der Waals surface area contributed by atoms with Gasteiger partial charge in [-0.25, -0.2) is 12.4 Å². The molecule has 0 amide bonds. The van der Waals surface area contributed by atoms with E-state index in [-0.39, 0.29) is 28.4 Å². The van der Waals surface area contributed by atoms with Crippen molar-refractivity contribution >= 4 is 26.9 Å². The van der Waals surface area contributed by atoms with Crippen molar-refractivity contribution in [1.82, 2.24) is 3.97 Å². The normalized spacial score (nSPS) is 14.5. The highest BCUT2D eigenvalue weighted by molar-refractivity contribution is 7.90. The van der Waals surface area contributed by atoms with Gasteiger partial charge in [0.25, 0.3) is 0 Å². The first-order chi connectivity index (χ1) is 16.6. The molecule has 2 aromatic carbocycles. The largest absolute Gasteiger partial charge is 0.481 e. The van der Waals surface area contributed by atoms with E-state index in [1.165, 1.54) is 12.1 Å². The standard InChI is InChI=1S/C27H30F3NO4S/c1-6-9-21(25(32)33)23-16-18-15-20(27(28,29)30)12-13-22(18)31(23)36(34,35)24(7-2)17-10-8-11-19(14-17)26(3,4)5/h7-8,10-16,21,24H,2,6,9H2,1,3-5H3,(H,32,33). The molecule has 0 aliphatic heterocycles. The lowest BCUT2D eigenvalue weighted by Gasteiger charge is -2.24. The molecule has 1 heterocycles. The molecule has 2 atom stereocenters. The predicted octanol–water partition coefficient (Wildman–Crippen LogP) is 7.03. The van der Waals surface area contributed by atoms with Crippen LogP contribution in [0.1, 0.15) is 74.1 Å². The molecule has 1 aromatic heterocycles. The maximum absolute atomic E-state index is 14.1. The van der Waals surface area contributed by atoms with E-state index in [0.29, 0.717) is 12.0 Å². The van der Waals surface area contributed by atoms with Crippen LogP contribution in [0, 0.1) is 0 Å². The number of carboxylic acid groups (broad SMARTS) is 1. The Balaban J connectivity index is 2.34. The van der Waals surface area contributed by atoms with Crippen LogP contribution in [0.4, 0.5) is 13.2 Å². The summed E-state index contributed by atoms with van der Waals surface area (Å²) < 4.78 is 69.2. The second-order valence-electron chi connectivity index (χ2n) is 9.86. The highest BCUT2D eigenvalue weighted by Gasteiger charge is 2.36.